The Labute approximate surface area is 168 Å². The number of rotatable bonds is 6. The molecule has 0 saturated carbocycles. The molecule has 1 aromatic carbocycles. The van der Waals surface area contributed by atoms with Crippen LogP contribution in [-0.2, 0) is 6.54 Å². The van der Waals surface area contributed by atoms with Crippen LogP contribution in [0.15, 0.2) is 57.9 Å². The molecule has 0 fully saturated rings. The fraction of sp³-hybridized carbons (Fsp3) is 0.200. The van der Waals surface area contributed by atoms with E-state index < -0.39 is 6.61 Å². The lowest BCUT2D eigenvalue weighted by Gasteiger charge is -2.11. The molecule has 2 heterocycles. The predicted octanol–water partition coefficient (Wildman–Crippen LogP) is 4.50. The van der Waals surface area contributed by atoms with E-state index in [0.717, 1.165) is 11.4 Å². The van der Waals surface area contributed by atoms with Gasteiger partial charge in [0.25, 0.3) is 5.56 Å². The molecule has 0 N–H and O–H groups in total. The van der Waals surface area contributed by atoms with E-state index in [1.165, 1.54) is 22.8 Å². The molecule has 3 aromatic rings. The van der Waals surface area contributed by atoms with Crippen LogP contribution in [0.25, 0.3) is 5.69 Å². The lowest BCUT2D eigenvalue weighted by atomic mass is 10.1. The minimum atomic E-state index is -2.88. The highest BCUT2D eigenvalue weighted by Crippen LogP contribution is 2.24. The number of aromatic nitrogens is 2. The van der Waals surface area contributed by atoms with Gasteiger partial charge in [0.1, 0.15) is 5.75 Å². The van der Waals surface area contributed by atoms with E-state index in [9.17, 15) is 18.4 Å². The molecule has 0 amide bonds. The summed E-state index contributed by atoms with van der Waals surface area (Å²) in [5.41, 5.74) is 2.46. The van der Waals surface area contributed by atoms with Crippen LogP contribution in [0.3, 0.4) is 0 Å². The maximum absolute atomic E-state index is 12.8. The highest BCUT2D eigenvalue weighted by Gasteiger charge is 2.18. The van der Waals surface area contributed by atoms with E-state index in [-0.39, 0.29) is 23.6 Å². The lowest BCUT2D eigenvalue weighted by Crippen LogP contribution is -2.23. The molecule has 146 valence electrons. The Bertz CT molecular complexity index is 1070. The van der Waals surface area contributed by atoms with Gasteiger partial charge in [0.05, 0.1) is 6.54 Å². The third-order valence-electron chi connectivity index (χ3n) is 4.31. The highest BCUT2D eigenvalue weighted by molar-refractivity contribution is 9.10. The summed E-state index contributed by atoms with van der Waals surface area (Å²) in [7, 11) is 0. The number of aryl methyl sites for hydroxylation is 1. The van der Waals surface area contributed by atoms with Gasteiger partial charge in [0.15, 0.2) is 5.78 Å². The molecule has 0 spiro atoms. The van der Waals surface area contributed by atoms with Gasteiger partial charge in [0, 0.05) is 39.4 Å². The van der Waals surface area contributed by atoms with Gasteiger partial charge >= 0.3 is 6.61 Å². The normalized spacial score (nSPS) is 11.1. The standard InChI is InChI=1S/C20H17BrF2N2O3/c1-12-9-17(18(26)11-24-10-14(21)3-8-19(24)27)13(2)25(12)15-4-6-16(7-5-15)28-20(22)23/h3-10,20H,11H2,1-2H3. The monoisotopic (exact) mass is 450 g/mol. The molecular formula is C20H17BrF2N2O3. The Morgan fingerprint density at radius 1 is 1.14 bits per heavy atom. The van der Waals surface area contributed by atoms with Gasteiger partial charge in [-0.15, -0.1) is 0 Å². The van der Waals surface area contributed by atoms with Crippen LogP contribution in [0.5, 0.6) is 5.75 Å². The maximum Gasteiger partial charge on any atom is 0.387 e. The van der Waals surface area contributed by atoms with Crippen molar-refractivity contribution >= 4 is 21.7 Å². The fourth-order valence-electron chi connectivity index (χ4n) is 3.08. The Morgan fingerprint density at radius 3 is 2.46 bits per heavy atom. The smallest absolute Gasteiger partial charge is 0.387 e. The van der Waals surface area contributed by atoms with Crippen LogP contribution in [0, 0.1) is 13.8 Å². The Kier molecular flexibility index (Phi) is 5.79. The van der Waals surface area contributed by atoms with Gasteiger partial charge in [-0.1, -0.05) is 0 Å². The Hall–Kier alpha value is -2.74. The van der Waals surface area contributed by atoms with Crippen LogP contribution in [0.4, 0.5) is 8.78 Å². The van der Waals surface area contributed by atoms with Crippen molar-refractivity contribution in [2.45, 2.75) is 27.0 Å². The fourth-order valence-corrected chi connectivity index (χ4v) is 3.46. The molecule has 0 atom stereocenters. The SMILES string of the molecule is Cc1cc(C(=O)Cn2cc(Br)ccc2=O)c(C)n1-c1ccc(OC(F)F)cc1. The van der Waals surface area contributed by atoms with Gasteiger partial charge in [-0.2, -0.15) is 8.78 Å². The van der Waals surface area contributed by atoms with E-state index in [2.05, 4.69) is 20.7 Å². The summed E-state index contributed by atoms with van der Waals surface area (Å²) in [6.45, 7) is 0.682. The molecule has 2 aromatic heterocycles. The summed E-state index contributed by atoms with van der Waals surface area (Å²) < 4.78 is 32.9. The number of carbonyl (C=O) groups is 1. The summed E-state index contributed by atoms with van der Waals surface area (Å²) in [5.74, 6) is -0.135. The summed E-state index contributed by atoms with van der Waals surface area (Å²) in [6, 6.07) is 11.0. The first-order valence-electron chi connectivity index (χ1n) is 8.39. The van der Waals surface area contributed by atoms with Crippen LogP contribution >= 0.6 is 15.9 Å². The minimum absolute atomic E-state index is 0.0616. The zero-order chi connectivity index (χ0) is 20.4. The lowest BCUT2D eigenvalue weighted by molar-refractivity contribution is -0.0498. The zero-order valence-corrected chi connectivity index (χ0v) is 16.7. The first-order chi connectivity index (χ1) is 13.3. The molecular weight excluding hydrogens is 434 g/mol. The average molecular weight is 451 g/mol. The van der Waals surface area contributed by atoms with Gasteiger partial charge < -0.3 is 13.9 Å². The van der Waals surface area contributed by atoms with E-state index in [1.807, 2.05) is 11.5 Å². The molecule has 0 aliphatic carbocycles. The van der Waals surface area contributed by atoms with Crippen molar-refractivity contribution in [3.05, 3.63) is 80.4 Å². The number of hydrogen-bond donors (Lipinski definition) is 0. The first kappa shape index (κ1) is 20.0. The average Bonchev–Trinajstić information content (AvgIpc) is 2.93. The molecule has 0 aliphatic rings. The third kappa shape index (κ3) is 4.22. The van der Waals surface area contributed by atoms with Crippen molar-refractivity contribution in [3.63, 3.8) is 0 Å². The molecule has 8 heteroatoms. The molecule has 0 bridgehead atoms. The molecule has 0 aliphatic heterocycles. The topological polar surface area (TPSA) is 53.2 Å². The van der Waals surface area contributed by atoms with Crippen molar-refractivity contribution in [1.29, 1.82) is 0 Å². The number of Topliss-reactive ketones (excluding diaryl/α,β-unsaturated/α-hetero) is 1. The molecule has 0 radical (unpaired) electrons. The minimum Gasteiger partial charge on any atom is -0.435 e. The van der Waals surface area contributed by atoms with Crippen molar-refractivity contribution < 1.29 is 18.3 Å². The van der Waals surface area contributed by atoms with Gasteiger partial charge in [-0.05, 0) is 66.2 Å². The van der Waals surface area contributed by atoms with Crippen molar-refractivity contribution in [3.8, 4) is 11.4 Å². The number of carbonyl (C=O) groups excluding carboxylic acids is 1. The summed E-state index contributed by atoms with van der Waals surface area (Å²) in [5, 5.41) is 0. The maximum atomic E-state index is 12.8. The Morgan fingerprint density at radius 2 is 1.82 bits per heavy atom. The molecule has 5 nitrogen and oxygen atoms in total. The first-order valence-corrected chi connectivity index (χ1v) is 9.19. The van der Waals surface area contributed by atoms with E-state index in [4.69, 9.17) is 0 Å². The number of nitrogens with zero attached hydrogens (tertiary/aromatic N) is 2. The number of benzene rings is 1. The van der Waals surface area contributed by atoms with E-state index in [1.54, 1.807) is 37.4 Å². The van der Waals surface area contributed by atoms with Gasteiger partial charge in [-0.3, -0.25) is 9.59 Å². The van der Waals surface area contributed by atoms with Crippen molar-refractivity contribution in [2.75, 3.05) is 0 Å². The second kappa shape index (κ2) is 8.10. The number of pyridine rings is 1. The van der Waals surface area contributed by atoms with Crippen LogP contribution in [0.2, 0.25) is 0 Å². The summed E-state index contributed by atoms with van der Waals surface area (Å²) in [6.07, 6.45) is 1.57. The number of hydrogen-bond acceptors (Lipinski definition) is 3. The Balaban J connectivity index is 1.90. The van der Waals surface area contributed by atoms with Gasteiger partial charge in [-0.25, -0.2) is 0 Å². The van der Waals surface area contributed by atoms with E-state index in [0.29, 0.717) is 15.7 Å². The summed E-state index contributed by atoms with van der Waals surface area (Å²) >= 11 is 3.29. The van der Waals surface area contributed by atoms with Crippen molar-refractivity contribution in [1.82, 2.24) is 9.13 Å². The zero-order valence-electron chi connectivity index (χ0n) is 15.2. The van der Waals surface area contributed by atoms with Gasteiger partial charge in [0.2, 0.25) is 0 Å². The molecule has 0 unspecified atom stereocenters. The third-order valence-corrected chi connectivity index (χ3v) is 4.78. The molecule has 0 saturated heterocycles. The largest absolute Gasteiger partial charge is 0.435 e. The second-order valence-electron chi connectivity index (χ2n) is 6.23. The van der Waals surface area contributed by atoms with E-state index >= 15 is 0 Å². The summed E-state index contributed by atoms with van der Waals surface area (Å²) in [4.78, 5) is 24.7. The quantitative estimate of drug-likeness (QED) is 0.519. The van der Waals surface area contributed by atoms with Crippen LogP contribution in [-0.4, -0.2) is 21.5 Å². The molecule has 3 rings (SSSR count). The number of ether oxygens (including phenoxy) is 1. The number of halogens is 3. The number of ketones is 1. The number of alkyl halides is 2. The van der Waals surface area contributed by atoms with Crippen molar-refractivity contribution in [2.24, 2.45) is 0 Å². The predicted molar refractivity (Wildman–Crippen MR) is 105 cm³/mol. The van der Waals surface area contributed by atoms with Crippen LogP contribution < -0.4 is 10.3 Å². The second-order valence-corrected chi connectivity index (χ2v) is 7.14. The molecule has 28 heavy (non-hydrogen) atoms. The van der Waals surface area contributed by atoms with Crippen LogP contribution in [0.1, 0.15) is 21.7 Å². The highest BCUT2D eigenvalue weighted by atomic mass is 79.9.